The second kappa shape index (κ2) is 8.03. The number of hydrogen-bond donors (Lipinski definition) is 1. The fourth-order valence-electron chi connectivity index (χ4n) is 2.34. The molecule has 1 N–H and O–H groups in total. The molecule has 0 saturated carbocycles. The molecule has 1 aliphatic rings. The second-order valence-electron chi connectivity index (χ2n) is 5.34. The lowest BCUT2D eigenvalue weighted by Crippen LogP contribution is -2.38. The Morgan fingerprint density at radius 2 is 2.14 bits per heavy atom. The van der Waals surface area contributed by atoms with Gasteiger partial charge in [-0.25, -0.2) is 0 Å². The van der Waals surface area contributed by atoms with Crippen LogP contribution in [0.1, 0.15) is 26.2 Å². The van der Waals surface area contributed by atoms with E-state index in [9.17, 15) is 9.59 Å². The second-order valence-corrected chi connectivity index (χ2v) is 5.78. The largest absolute Gasteiger partial charge is 0.481 e. The molecule has 0 aromatic heterocycles. The minimum atomic E-state index is -0.574. The molecule has 0 bridgehead atoms. The SMILES string of the molecule is C[C@H](Oc1ccc(Cl)cc1)C(=O)NCCCN1CCCC1=O. The Morgan fingerprint density at radius 1 is 1.41 bits per heavy atom. The van der Waals surface area contributed by atoms with Crippen molar-refractivity contribution in [2.75, 3.05) is 19.6 Å². The van der Waals surface area contributed by atoms with Crippen LogP contribution in [0.2, 0.25) is 5.02 Å². The monoisotopic (exact) mass is 324 g/mol. The average Bonchev–Trinajstić information content (AvgIpc) is 2.91. The van der Waals surface area contributed by atoms with Crippen molar-refractivity contribution >= 4 is 23.4 Å². The smallest absolute Gasteiger partial charge is 0.260 e. The van der Waals surface area contributed by atoms with Crippen LogP contribution in [-0.2, 0) is 9.59 Å². The number of carbonyl (C=O) groups is 2. The van der Waals surface area contributed by atoms with Crippen LogP contribution in [0.3, 0.4) is 0 Å². The summed E-state index contributed by atoms with van der Waals surface area (Å²) >= 11 is 5.80. The maximum atomic E-state index is 11.9. The molecule has 1 heterocycles. The first kappa shape index (κ1) is 16.6. The van der Waals surface area contributed by atoms with E-state index in [0.29, 0.717) is 30.3 Å². The molecule has 0 radical (unpaired) electrons. The number of nitrogens with one attached hydrogen (secondary N) is 1. The van der Waals surface area contributed by atoms with Crippen molar-refractivity contribution in [1.29, 1.82) is 0 Å². The number of benzene rings is 1. The summed E-state index contributed by atoms with van der Waals surface area (Å²) in [4.78, 5) is 25.2. The van der Waals surface area contributed by atoms with Gasteiger partial charge in [0.15, 0.2) is 6.10 Å². The van der Waals surface area contributed by atoms with E-state index >= 15 is 0 Å². The molecular weight excluding hydrogens is 304 g/mol. The summed E-state index contributed by atoms with van der Waals surface area (Å²) in [6, 6.07) is 6.89. The van der Waals surface area contributed by atoms with Crippen LogP contribution < -0.4 is 10.1 Å². The quantitative estimate of drug-likeness (QED) is 0.782. The Morgan fingerprint density at radius 3 is 2.77 bits per heavy atom. The highest BCUT2D eigenvalue weighted by molar-refractivity contribution is 6.30. The lowest BCUT2D eigenvalue weighted by Gasteiger charge is -2.17. The van der Waals surface area contributed by atoms with Crippen molar-refractivity contribution in [3.8, 4) is 5.75 Å². The first-order valence-electron chi connectivity index (χ1n) is 7.54. The van der Waals surface area contributed by atoms with E-state index in [1.165, 1.54) is 0 Å². The van der Waals surface area contributed by atoms with Crippen molar-refractivity contribution in [1.82, 2.24) is 10.2 Å². The number of halogens is 1. The first-order valence-corrected chi connectivity index (χ1v) is 7.92. The third-order valence-electron chi connectivity index (χ3n) is 3.57. The van der Waals surface area contributed by atoms with Gasteiger partial charge in [0.2, 0.25) is 5.91 Å². The maximum Gasteiger partial charge on any atom is 0.260 e. The van der Waals surface area contributed by atoms with Crippen LogP contribution in [0.4, 0.5) is 0 Å². The fraction of sp³-hybridized carbons (Fsp3) is 0.500. The van der Waals surface area contributed by atoms with Crippen molar-refractivity contribution in [2.45, 2.75) is 32.3 Å². The van der Waals surface area contributed by atoms with E-state index in [-0.39, 0.29) is 11.8 Å². The zero-order chi connectivity index (χ0) is 15.9. The van der Waals surface area contributed by atoms with E-state index in [1.54, 1.807) is 31.2 Å². The third-order valence-corrected chi connectivity index (χ3v) is 3.82. The van der Waals surface area contributed by atoms with E-state index in [4.69, 9.17) is 16.3 Å². The fourth-order valence-corrected chi connectivity index (χ4v) is 2.46. The van der Waals surface area contributed by atoms with Gasteiger partial charge in [-0.2, -0.15) is 0 Å². The highest BCUT2D eigenvalue weighted by Gasteiger charge is 2.19. The average molecular weight is 325 g/mol. The molecule has 0 spiro atoms. The van der Waals surface area contributed by atoms with Crippen molar-refractivity contribution in [3.63, 3.8) is 0 Å². The molecule has 1 atom stereocenters. The van der Waals surface area contributed by atoms with Gasteiger partial charge in [-0.05, 0) is 44.0 Å². The lowest BCUT2D eigenvalue weighted by molar-refractivity contribution is -0.127. The molecule has 1 aliphatic heterocycles. The molecule has 1 aromatic carbocycles. The molecule has 22 heavy (non-hydrogen) atoms. The minimum absolute atomic E-state index is 0.164. The summed E-state index contributed by atoms with van der Waals surface area (Å²) in [5.41, 5.74) is 0. The molecule has 6 heteroatoms. The summed E-state index contributed by atoms with van der Waals surface area (Å²) < 4.78 is 5.54. The zero-order valence-corrected chi connectivity index (χ0v) is 13.4. The number of likely N-dealkylation sites (tertiary alicyclic amines) is 1. The van der Waals surface area contributed by atoms with Crippen LogP contribution in [0.15, 0.2) is 24.3 Å². The third kappa shape index (κ3) is 4.91. The standard InChI is InChI=1S/C16H21ClN2O3/c1-12(22-14-7-5-13(17)6-8-14)16(21)18-9-3-11-19-10-2-4-15(19)20/h5-8,12H,2-4,9-11H2,1H3,(H,18,21)/t12-/m0/s1. The topological polar surface area (TPSA) is 58.6 Å². The Balaban J connectivity index is 1.65. The van der Waals surface area contributed by atoms with Crippen LogP contribution in [-0.4, -0.2) is 42.5 Å². The van der Waals surface area contributed by atoms with Gasteiger partial charge in [0.05, 0.1) is 0 Å². The van der Waals surface area contributed by atoms with E-state index in [1.807, 2.05) is 4.90 Å². The Kier molecular flexibility index (Phi) is 6.07. The number of hydrogen-bond acceptors (Lipinski definition) is 3. The van der Waals surface area contributed by atoms with Gasteiger partial charge in [0.25, 0.3) is 5.91 Å². The van der Waals surface area contributed by atoms with E-state index in [0.717, 1.165) is 19.4 Å². The van der Waals surface area contributed by atoms with Crippen LogP contribution in [0.25, 0.3) is 0 Å². The van der Waals surface area contributed by atoms with Gasteiger partial charge in [-0.1, -0.05) is 11.6 Å². The van der Waals surface area contributed by atoms with Gasteiger partial charge in [0.1, 0.15) is 5.75 Å². The zero-order valence-electron chi connectivity index (χ0n) is 12.7. The van der Waals surface area contributed by atoms with Crippen LogP contribution >= 0.6 is 11.6 Å². The molecular formula is C16H21ClN2O3. The van der Waals surface area contributed by atoms with Crippen molar-refractivity contribution < 1.29 is 14.3 Å². The number of carbonyl (C=O) groups excluding carboxylic acids is 2. The molecule has 1 fully saturated rings. The number of ether oxygens (including phenoxy) is 1. The predicted molar refractivity (Wildman–Crippen MR) is 85.0 cm³/mol. The maximum absolute atomic E-state index is 11.9. The molecule has 0 aliphatic carbocycles. The van der Waals surface area contributed by atoms with Gasteiger partial charge in [0, 0.05) is 31.1 Å². The van der Waals surface area contributed by atoms with E-state index < -0.39 is 6.10 Å². The van der Waals surface area contributed by atoms with Gasteiger partial charge in [-0.3, -0.25) is 9.59 Å². The highest BCUT2D eigenvalue weighted by atomic mass is 35.5. The summed E-state index contributed by atoms with van der Waals surface area (Å²) in [6.07, 6.45) is 1.77. The van der Waals surface area contributed by atoms with Crippen LogP contribution in [0, 0.1) is 0 Å². The lowest BCUT2D eigenvalue weighted by atomic mass is 10.3. The summed E-state index contributed by atoms with van der Waals surface area (Å²) in [6.45, 7) is 3.78. The molecule has 2 rings (SSSR count). The highest BCUT2D eigenvalue weighted by Crippen LogP contribution is 2.16. The predicted octanol–water partition coefficient (Wildman–Crippen LogP) is 2.24. The number of rotatable bonds is 7. The van der Waals surface area contributed by atoms with Crippen molar-refractivity contribution in [2.24, 2.45) is 0 Å². The minimum Gasteiger partial charge on any atom is -0.481 e. The van der Waals surface area contributed by atoms with E-state index in [2.05, 4.69) is 5.32 Å². The molecule has 5 nitrogen and oxygen atoms in total. The molecule has 120 valence electrons. The van der Waals surface area contributed by atoms with Gasteiger partial charge in [-0.15, -0.1) is 0 Å². The van der Waals surface area contributed by atoms with Crippen molar-refractivity contribution in [3.05, 3.63) is 29.3 Å². The van der Waals surface area contributed by atoms with Crippen LogP contribution in [0.5, 0.6) is 5.75 Å². The molecule has 0 unspecified atom stereocenters. The Bertz CT molecular complexity index is 519. The summed E-state index contributed by atoms with van der Waals surface area (Å²) in [5.74, 6) is 0.656. The Hall–Kier alpha value is -1.75. The molecule has 2 amide bonds. The van der Waals surface area contributed by atoms with Gasteiger partial charge < -0.3 is 15.0 Å². The summed E-state index contributed by atoms with van der Waals surface area (Å²) in [7, 11) is 0. The number of amides is 2. The first-order chi connectivity index (χ1) is 10.6. The van der Waals surface area contributed by atoms with Gasteiger partial charge >= 0.3 is 0 Å². The molecule has 1 aromatic rings. The summed E-state index contributed by atoms with van der Waals surface area (Å²) in [5, 5.41) is 3.45. The number of nitrogens with zero attached hydrogens (tertiary/aromatic N) is 1. The Labute approximate surface area is 135 Å². The molecule has 1 saturated heterocycles. The normalized spacial score (nSPS) is 15.7.